The van der Waals surface area contributed by atoms with Crippen LogP contribution in [-0.4, -0.2) is 19.0 Å². The molecule has 2 unspecified atom stereocenters. The van der Waals surface area contributed by atoms with E-state index in [9.17, 15) is 0 Å². The molecule has 0 radical (unpaired) electrons. The average molecular weight is 478 g/mol. The SMILES string of the molecule is C=CC(CCc1ccc(OCc2ccccc2)c(I)c1)OC1CCCCO1. The number of hydrogen-bond acceptors (Lipinski definition) is 3. The smallest absolute Gasteiger partial charge is 0.158 e. The lowest BCUT2D eigenvalue weighted by atomic mass is 10.1. The maximum Gasteiger partial charge on any atom is 0.158 e. The maximum absolute atomic E-state index is 6.04. The summed E-state index contributed by atoms with van der Waals surface area (Å²) in [5.41, 5.74) is 2.46. The summed E-state index contributed by atoms with van der Waals surface area (Å²) >= 11 is 2.34. The molecule has 2 atom stereocenters. The summed E-state index contributed by atoms with van der Waals surface area (Å²) in [4.78, 5) is 0. The van der Waals surface area contributed by atoms with Crippen LogP contribution in [0.4, 0.5) is 0 Å². The fourth-order valence-corrected chi connectivity index (χ4v) is 3.85. The standard InChI is InChI=1S/C23H27IO3/c1-2-20(27-23-10-6-7-15-25-23)13-11-18-12-14-22(21(24)16-18)26-17-19-8-4-3-5-9-19/h2-5,8-9,12,14,16,20,23H,1,6-7,10-11,13,15,17H2. The largest absolute Gasteiger partial charge is 0.488 e. The molecule has 4 heteroatoms. The number of benzene rings is 2. The van der Waals surface area contributed by atoms with E-state index in [1.165, 1.54) is 17.5 Å². The third-order valence-electron chi connectivity index (χ3n) is 4.68. The zero-order valence-corrected chi connectivity index (χ0v) is 17.8. The third-order valence-corrected chi connectivity index (χ3v) is 5.52. The van der Waals surface area contributed by atoms with Crippen molar-refractivity contribution in [2.75, 3.05) is 6.61 Å². The second-order valence-electron chi connectivity index (χ2n) is 6.78. The Labute approximate surface area is 175 Å². The van der Waals surface area contributed by atoms with Crippen molar-refractivity contribution in [2.24, 2.45) is 0 Å². The fourth-order valence-electron chi connectivity index (χ4n) is 3.12. The molecular formula is C23H27IO3. The first-order chi connectivity index (χ1) is 13.2. The van der Waals surface area contributed by atoms with Gasteiger partial charge in [-0.25, -0.2) is 0 Å². The molecule has 0 amide bonds. The van der Waals surface area contributed by atoms with E-state index in [2.05, 4.69) is 59.5 Å². The summed E-state index contributed by atoms with van der Waals surface area (Å²) in [6, 6.07) is 16.6. The highest BCUT2D eigenvalue weighted by molar-refractivity contribution is 14.1. The molecule has 1 saturated heterocycles. The predicted molar refractivity (Wildman–Crippen MR) is 117 cm³/mol. The first kappa shape index (κ1) is 20.4. The number of halogens is 1. The van der Waals surface area contributed by atoms with Gasteiger partial charge in [0, 0.05) is 6.61 Å². The van der Waals surface area contributed by atoms with Crippen LogP contribution < -0.4 is 4.74 Å². The Morgan fingerprint density at radius 1 is 1.15 bits per heavy atom. The summed E-state index contributed by atoms with van der Waals surface area (Å²) in [7, 11) is 0. The van der Waals surface area contributed by atoms with E-state index in [-0.39, 0.29) is 12.4 Å². The minimum absolute atomic E-state index is 0.0276. The Balaban J connectivity index is 1.49. The molecule has 1 fully saturated rings. The lowest BCUT2D eigenvalue weighted by molar-refractivity contribution is -0.179. The predicted octanol–water partition coefficient (Wildman–Crippen LogP) is 5.90. The highest BCUT2D eigenvalue weighted by Crippen LogP contribution is 2.25. The van der Waals surface area contributed by atoms with E-state index in [1.54, 1.807) is 0 Å². The summed E-state index contributed by atoms with van der Waals surface area (Å²) in [5, 5.41) is 0. The van der Waals surface area contributed by atoms with Crippen LogP contribution in [0.25, 0.3) is 0 Å². The average Bonchev–Trinajstić information content (AvgIpc) is 2.72. The molecule has 0 spiro atoms. The zero-order valence-electron chi connectivity index (χ0n) is 15.6. The van der Waals surface area contributed by atoms with Gasteiger partial charge in [0.1, 0.15) is 12.4 Å². The Morgan fingerprint density at radius 3 is 2.70 bits per heavy atom. The van der Waals surface area contributed by atoms with E-state index in [0.717, 1.165) is 41.6 Å². The molecule has 0 N–H and O–H groups in total. The molecular weight excluding hydrogens is 451 g/mol. The van der Waals surface area contributed by atoms with Crippen molar-refractivity contribution in [3.63, 3.8) is 0 Å². The Bertz CT molecular complexity index is 711. The molecule has 3 rings (SSSR count). The lowest BCUT2D eigenvalue weighted by Crippen LogP contribution is -2.27. The first-order valence-electron chi connectivity index (χ1n) is 9.59. The van der Waals surface area contributed by atoms with Crippen LogP contribution in [-0.2, 0) is 22.5 Å². The van der Waals surface area contributed by atoms with E-state index in [4.69, 9.17) is 14.2 Å². The lowest BCUT2D eigenvalue weighted by Gasteiger charge is -2.26. The Morgan fingerprint density at radius 2 is 2.00 bits per heavy atom. The second-order valence-corrected chi connectivity index (χ2v) is 7.95. The van der Waals surface area contributed by atoms with Gasteiger partial charge in [0.05, 0.1) is 9.67 Å². The molecule has 0 bridgehead atoms. The van der Waals surface area contributed by atoms with Crippen LogP contribution in [0.5, 0.6) is 5.75 Å². The van der Waals surface area contributed by atoms with Gasteiger partial charge in [0.25, 0.3) is 0 Å². The maximum atomic E-state index is 6.04. The van der Waals surface area contributed by atoms with E-state index >= 15 is 0 Å². The zero-order chi connectivity index (χ0) is 18.9. The monoisotopic (exact) mass is 478 g/mol. The van der Waals surface area contributed by atoms with Crippen LogP contribution in [0.1, 0.15) is 36.8 Å². The van der Waals surface area contributed by atoms with Crippen LogP contribution >= 0.6 is 22.6 Å². The topological polar surface area (TPSA) is 27.7 Å². The highest BCUT2D eigenvalue weighted by atomic mass is 127. The van der Waals surface area contributed by atoms with Crippen molar-refractivity contribution >= 4 is 22.6 Å². The van der Waals surface area contributed by atoms with Gasteiger partial charge in [-0.3, -0.25) is 0 Å². The highest BCUT2D eigenvalue weighted by Gasteiger charge is 2.18. The molecule has 1 heterocycles. The number of aryl methyl sites for hydroxylation is 1. The number of ether oxygens (including phenoxy) is 3. The molecule has 0 aromatic heterocycles. The van der Waals surface area contributed by atoms with E-state index < -0.39 is 0 Å². The van der Waals surface area contributed by atoms with Crippen molar-refractivity contribution in [1.29, 1.82) is 0 Å². The summed E-state index contributed by atoms with van der Waals surface area (Å²) in [5.74, 6) is 0.926. The molecule has 27 heavy (non-hydrogen) atoms. The molecule has 0 aliphatic carbocycles. The summed E-state index contributed by atoms with van der Waals surface area (Å²) in [6.07, 6.45) is 6.99. The van der Waals surface area contributed by atoms with Crippen molar-refractivity contribution < 1.29 is 14.2 Å². The Hall–Kier alpha value is -1.37. The van der Waals surface area contributed by atoms with Gasteiger partial charge in [-0.2, -0.15) is 0 Å². The molecule has 1 aliphatic rings. The number of hydrogen-bond donors (Lipinski definition) is 0. The molecule has 1 aliphatic heterocycles. The van der Waals surface area contributed by atoms with Gasteiger partial charge in [-0.15, -0.1) is 6.58 Å². The second kappa shape index (κ2) is 10.8. The van der Waals surface area contributed by atoms with Gasteiger partial charge in [-0.1, -0.05) is 42.5 Å². The summed E-state index contributed by atoms with van der Waals surface area (Å²) < 4.78 is 18.8. The van der Waals surface area contributed by atoms with Crippen LogP contribution in [0, 0.1) is 3.57 Å². The Kier molecular flexibility index (Phi) is 8.17. The van der Waals surface area contributed by atoms with Crippen LogP contribution in [0.2, 0.25) is 0 Å². The van der Waals surface area contributed by atoms with Crippen molar-refractivity contribution in [3.05, 3.63) is 75.9 Å². The van der Waals surface area contributed by atoms with Gasteiger partial charge in [0.2, 0.25) is 0 Å². The van der Waals surface area contributed by atoms with Gasteiger partial charge < -0.3 is 14.2 Å². The molecule has 144 valence electrons. The quantitative estimate of drug-likeness (QED) is 0.332. The number of rotatable bonds is 9. The molecule has 2 aromatic rings. The van der Waals surface area contributed by atoms with Crippen molar-refractivity contribution in [3.8, 4) is 5.75 Å². The molecule has 3 nitrogen and oxygen atoms in total. The summed E-state index contributed by atoms with van der Waals surface area (Å²) in [6.45, 7) is 5.31. The van der Waals surface area contributed by atoms with Gasteiger partial charge in [0.15, 0.2) is 6.29 Å². The normalized spacial score (nSPS) is 18.0. The first-order valence-corrected chi connectivity index (χ1v) is 10.7. The van der Waals surface area contributed by atoms with E-state index in [1.807, 2.05) is 24.3 Å². The van der Waals surface area contributed by atoms with Crippen molar-refractivity contribution in [2.45, 2.75) is 51.1 Å². The van der Waals surface area contributed by atoms with Crippen LogP contribution in [0.15, 0.2) is 61.2 Å². The van der Waals surface area contributed by atoms with E-state index in [0.29, 0.717) is 6.61 Å². The minimum Gasteiger partial charge on any atom is -0.488 e. The van der Waals surface area contributed by atoms with Gasteiger partial charge in [-0.05, 0) is 78.0 Å². The molecule has 2 aromatic carbocycles. The van der Waals surface area contributed by atoms with Crippen LogP contribution in [0.3, 0.4) is 0 Å². The third kappa shape index (κ3) is 6.63. The molecule has 0 saturated carbocycles. The van der Waals surface area contributed by atoms with Crippen molar-refractivity contribution in [1.82, 2.24) is 0 Å². The van der Waals surface area contributed by atoms with Gasteiger partial charge >= 0.3 is 0 Å². The fraction of sp³-hybridized carbons (Fsp3) is 0.391. The minimum atomic E-state index is -0.0735.